The number of oxime groups is 1. The van der Waals surface area contributed by atoms with E-state index in [0.29, 0.717) is 12.1 Å². The fraction of sp³-hybridized carbons (Fsp3) is 0.714. The fourth-order valence-corrected chi connectivity index (χ4v) is 1.35. The van der Waals surface area contributed by atoms with Gasteiger partial charge in [-0.15, -0.1) is 0 Å². The summed E-state index contributed by atoms with van der Waals surface area (Å²) in [5.74, 6) is -1.21. The molecule has 0 saturated heterocycles. The van der Waals surface area contributed by atoms with Crippen molar-refractivity contribution >= 4 is 11.7 Å². The zero-order valence-corrected chi connectivity index (χ0v) is 6.53. The van der Waals surface area contributed by atoms with Crippen molar-refractivity contribution in [2.24, 2.45) is 16.5 Å². The molecule has 1 fully saturated rings. The van der Waals surface area contributed by atoms with Crippen LogP contribution in [-0.2, 0) is 4.79 Å². The molecule has 0 amide bonds. The maximum absolute atomic E-state index is 10.5. The molecule has 4 nitrogen and oxygen atoms in total. The van der Waals surface area contributed by atoms with Gasteiger partial charge in [-0.3, -0.25) is 4.79 Å². The number of hydrogen-bond donors (Lipinski definition) is 2. The first-order valence-electron chi connectivity index (χ1n) is 3.44. The molecule has 0 aromatic carbocycles. The van der Waals surface area contributed by atoms with Gasteiger partial charge in [-0.05, 0) is 0 Å². The highest BCUT2D eigenvalue weighted by Crippen LogP contribution is 2.43. The highest BCUT2D eigenvalue weighted by Gasteiger charge is 2.49. The van der Waals surface area contributed by atoms with Crippen LogP contribution in [0.15, 0.2) is 5.16 Å². The van der Waals surface area contributed by atoms with Gasteiger partial charge in [0.1, 0.15) is 0 Å². The van der Waals surface area contributed by atoms with E-state index in [2.05, 4.69) is 5.16 Å². The van der Waals surface area contributed by atoms with Crippen molar-refractivity contribution in [3.05, 3.63) is 0 Å². The molecule has 2 N–H and O–H groups in total. The van der Waals surface area contributed by atoms with E-state index >= 15 is 0 Å². The summed E-state index contributed by atoms with van der Waals surface area (Å²) >= 11 is 0. The van der Waals surface area contributed by atoms with Crippen LogP contribution < -0.4 is 0 Å². The molecule has 0 aliphatic heterocycles. The smallest absolute Gasteiger partial charge is 0.307 e. The molecule has 1 aliphatic rings. The Labute approximate surface area is 64.5 Å². The maximum Gasteiger partial charge on any atom is 0.307 e. The van der Waals surface area contributed by atoms with Gasteiger partial charge in [-0.1, -0.05) is 19.0 Å². The van der Waals surface area contributed by atoms with E-state index in [0.717, 1.165) is 0 Å². The number of carboxylic acids is 1. The molecule has 1 unspecified atom stereocenters. The van der Waals surface area contributed by atoms with E-state index in [4.69, 9.17) is 10.3 Å². The zero-order valence-electron chi connectivity index (χ0n) is 6.53. The summed E-state index contributed by atoms with van der Waals surface area (Å²) in [5.41, 5.74) is 0.102. The lowest BCUT2D eigenvalue weighted by Crippen LogP contribution is -2.49. The Hall–Kier alpha value is -1.06. The summed E-state index contributed by atoms with van der Waals surface area (Å²) in [5, 5.41) is 20.1. The zero-order chi connectivity index (χ0) is 8.65. The standard InChI is InChI=1S/C7H11NO3/c1-7(2)4(6(9)10)3-5(7)8-11/h4,11H,3H2,1-2H3,(H,9,10)/b8-5-. The third-order valence-corrected chi connectivity index (χ3v) is 2.43. The fourth-order valence-electron chi connectivity index (χ4n) is 1.35. The first-order valence-corrected chi connectivity index (χ1v) is 3.44. The van der Waals surface area contributed by atoms with Crippen molar-refractivity contribution in [2.45, 2.75) is 20.3 Å². The molecule has 1 rings (SSSR count). The summed E-state index contributed by atoms with van der Waals surface area (Å²) in [6.07, 6.45) is 0.374. The Balaban J connectivity index is 2.77. The Kier molecular flexibility index (Phi) is 1.62. The van der Waals surface area contributed by atoms with Crippen molar-refractivity contribution in [1.82, 2.24) is 0 Å². The van der Waals surface area contributed by atoms with Crippen LogP contribution in [0.3, 0.4) is 0 Å². The van der Waals surface area contributed by atoms with E-state index in [1.807, 2.05) is 0 Å². The minimum Gasteiger partial charge on any atom is -0.481 e. The van der Waals surface area contributed by atoms with Gasteiger partial charge in [0.2, 0.25) is 0 Å². The first kappa shape index (κ1) is 8.04. The molecule has 0 spiro atoms. The molecule has 0 radical (unpaired) electrons. The Bertz CT molecular complexity index is 220. The second-order valence-corrected chi connectivity index (χ2v) is 3.36. The van der Waals surface area contributed by atoms with Crippen LogP contribution in [0.5, 0.6) is 0 Å². The normalized spacial score (nSPS) is 31.5. The van der Waals surface area contributed by atoms with Crippen molar-refractivity contribution < 1.29 is 15.1 Å². The van der Waals surface area contributed by atoms with Crippen LogP contribution in [-0.4, -0.2) is 22.0 Å². The van der Waals surface area contributed by atoms with Gasteiger partial charge in [-0.25, -0.2) is 0 Å². The highest BCUT2D eigenvalue weighted by atomic mass is 16.4. The summed E-state index contributed by atoms with van der Waals surface area (Å²) < 4.78 is 0. The molecule has 4 heteroatoms. The van der Waals surface area contributed by atoms with Gasteiger partial charge in [0.25, 0.3) is 0 Å². The molecular weight excluding hydrogens is 146 g/mol. The number of carbonyl (C=O) groups is 1. The Morgan fingerprint density at radius 1 is 1.73 bits per heavy atom. The topological polar surface area (TPSA) is 69.9 Å². The van der Waals surface area contributed by atoms with Gasteiger partial charge >= 0.3 is 5.97 Å². The van der Waals surface area contributed by atoms with Gasteiger partial charge in [0.15, 0.2) is 0 Å². The third-order valence-electron chi connectivity index (χ3n) is 2.43. The van der Waals surface area contributed by atoms with Crippen LogP contribution >= 0.6 is 0 Å². The number of rotatable bonds is 1. The van der Waals surface area contributed by atoms with Gasteiger partial charge in [-0.2, -0.15) is 0 Å². The van der Waals surface area contributed by atoms with Gasteiger partial charge in [0.05, 0.1) is 11.6 Å². The van der Waals surface area contributed by atoms with E-state index < -0.39 is 17.3 Å². The predicted octanol–water partition coefficient (Wildman–Crippen LogP) is 0.947. The predicted molar refractivity (Wildman–Crippen MR) is 38.7 cm³/mol. The monoisotopic (exact) mass is 157 g/mol. The van der Waals surface area contributed by atoms with Gasteiger partial charge in [0, 0.05) is 11.8 Å². The van der Waals surface area contributed by atoms with E-state index in [9.17, 15) is 4.79 Å². The number of aliphatic carboxylic acids is 1. The summed E-state index contributed by atoms with van der Waals surface area (Å²) in [6, 6.07) is 0. The minimum atomic E-state index is -0.817. The molecule has 1 saturated carbocycles. The molecule has 0 heterocycles. The summed E-state index contributed by atoms with van der Waals surface area (Å²) in [4.78, 5) is 10.5. The summed E-state index contributed by atoms with van der Waals surface area (Å²) in [6.45, 7) is 3.54. The van der Waals surface area contributed by atoms with Crippen LogP contribution in [0.25, 0.3) is 0 Å². The first-order chi connectivity index (χ1) is 5.00. The molecule has 11 heavy (non-hydrogen) atoms. The van der Waals surface area contributed by atoms with Crippen LogP contribution in [0, 0.1) is 11.3 Å². The molecule has 0 aromatic heterocycles. The van der Waals surface area contributed by atoms with Crippen molar-refractivity contribution in [3.63, 3.8) is 0 Å². The van der Waals surface area contributed by atoms with Crippen LogP contribution in [0.4, 0.5) is 0 Å². The highest BCUT2D eigenvalue weighted by molar-refractivity contribution is 6.02. The van der Waals surface area contributed by atoms with Crippen LogP contribution in [0.2, 0.25) is 0 Å². The van der Waals surface area contributed by atoms with E-state index in [-0.39, 0.29) is 0 Å². The third kappa shape index (κ3) is 0.982. The lowest BCUT2D eigenvalue weighted by atomic mass is 9.61. The molecule has 1 aliphatic carbocycles. The second kappa shape index (κ2) is 2.22. The van der Waals surface area contributed by atoms with Crippen LogP contribution in [0.1, 0.15) is 20.3 Å². The average Bonchev–Trinajstić information content (AvgIpc) is 1.85. The van der Waals surface area contributed by atoms with Crippen molar-refractivity contribution in [1.29, 1.82) is 0 Å². The molecule has 1 atom stereocenters. The van der Waals surface area contributed by atoms with Crippen molar-refractivity contribution in [2.75, 3.05) is 0 Å². The number of nitrogens with zero attached hydrogens (tertiary/aromatic N) is 1. The van der Waals surface area contributed by atoms with E-state index in [1.165, 1.54) is 0 Å². The molecule has 0 aromatic rings. The van der Waals surface area contributed by atoms with Crippen molar-refractivity contribution in [3.8, 4) is 0 Å². The van der Waals surface area contributed by atoms with Gasteiger partial charge < -0.3 is 10.3 Å². The number of hydrogen-bond acceptors (Lipinski definition) is 3. The maximum atomic E-state index is 10.5. The average molecular weight is 157 g/mol. The molecule has 62 valence electrons. The largest absolute Gasteiger partial charge is 0.481 e. The second-order valence-electron chi connectivity index (χ2n) is 3.36. The SMILES string of the molecule is CC1(C)/C(=N\O)CC1C(=O)O. The Morgan fingerprint density at radius 3 is 2.55 bits per heavy atom. The Morgan fingerprint density at radius 2 is 2.27 bits per heavy atom. The quantitative estimate of drug-likeness (QED) is 0.439. The summed E-state index contributed by atoms with van der Waals surface area (Å²) in [7, 11) is 0. The molecular formula is C7H11NO3. The lowest BCUT2D eigenvalue weighted by molar-refractivity contribution is -0.145. The lowest BCUT2D eigenvalue weighted by Gasteiger charge is -2.41. The number of carboxylic acid groups (broad SMARTS) is 1. The minimum absolute atomic E-state index is 0.374. The molecule has 0 bridgehead atoms. The van der Waals surface area contributed by atoms with E-state index in [1.54, 1.807) is 13.8 Å².